The second-order valence-corrected chi connectivity index (χ2v) is 11.6. The number of nitrogens with zero attached hydrogens (tertiary/aromatic N) is 8. The molecule has 212 valence electrons. The number of carbonyl (C=O) groups is 1. The van der Waals surface area contributed by atoms with Crippen molar-refractivity contribution >= 4 is 34.1 Å². The number of para-hydroxylation sites is 2. The number of imidazole rings is 2. The van der Waals surface area contributed by atoms with Crippen molar-refractivity contribution in [3.63, 3.8) is 0 Å². The Bertz CT molecular complexity index is 1540. The zero-order valence-corrected chi connectivity index (χ0v) is 24.1. The molecule has 5 heterocycles. The number of morpholine rings is 1. The standard InChI is InChI=1S/C29H38N8O3/c1-6-22-30-20-9-7-8-10-21(20)37(22)27-32-25-23(26(33-27)35-15-17-39-18-16-35)31-24(34(25)5)19-11-13-36(14-12-19)28(38)40-29(2,3)4/h7-10,19H,6,11-18H2,1-5H3. The van der Waals surface area contributed by atoms with Gasteiger partial charge in [-0.3, -0.25) is 4.57 Å². The molecule has 0 atom stereocenters. The Balaban J connectivity index is 1.40. The van der Waals surface area contributed by atoms with Crippen LogP contribution in [0.2, 0.25) is 0 Å². The van der Waals surface area contributed by atoms with Gasteiger partial charge in [-0.25, -0.2) is 14.8 Å². The second kappa shape index (κ2) is 10.3. The third kappa shape index (κ3) is 4.87. The second-order valence-electron chi connectivity index (χ2n) is 11.6. The number of fused-ring (bicyclic) bond motifs is 2. The Morgan fingerprint density at radius 3 is 2.45 bits per heavy atom. The predicted octanol–water partition coefficient (Wildman–Crippen LogP) is 4.22. The van der Waals surface area contributed by atoms with Crippen molar-refractivity contribution in [1.82, 2.24) is 34.0 Å². The Labute approximate surface area is 234 Å². The van der Waals surface area contributed by atoms with Gasteiger partial charge in [-0.1, -0.05) is 19.1 Å². The smallest absolute Gasteiger partial charge is 0.410 e. The highest BCUT2D eigenvalue weighted by molar-refractivity contribution is 5.86. The highest BCUT2D eigenvalue weighted by Crippen LogP contribution is 2.33. The van der Waals surface area contributed by atoms with Gasteiger partial charge < -0.3 is 23.8 Å². The Morgan fingerprint density at radius 1 is 1.02 bits per heavy atom. The monoisotopic (exact) mass is 546 g/mol. The number of hydrogen-bond donors (Lipinski definition) is 0. The molecule has 0 N–H and O–H groups in total. The van der Waals surface area contributed by atoms with E-state index in [1.807, 2.05) is 46.0 Å². The van der Waals surface area contributed by atoms with Crippen molar-refractivity contribution in [2.45, 2.75) is 58.5 Å². The first-order valence-corrected chi connectivity index (χ1v) is 14.2. The fraction of sp³-hybridized carbons (Fsp3) is 0.552. The largest absolute Gasteiger partial charge is 0.444 e. The minimum atomic E-state index is -0.504. The van der Waals surface area contributed by atoms with Crippen LogP contribution >= 0.6 is 0 Å². The van der Waals surface area contributed by atoms with Crippen molar-refractivity contribution in [3.8, 4) is 5.95 Å². The lowest BCUT2D eigenvalue weighted by molar-refractivity contribution is 0.0202. The minimum absolute atomic E-state index is 0.208. The first-order valence-electron chi connectivity index (χ1n) is 14.2. The number of aromatic nitrogens is 6. The normalized spacial score (nSPS) is 17.2. The molecule has 2 aliphatic heterocycles. The summed E-state index contributed by atoms with van der Waals surface area (Å²) in [6, 6.07) is 8.12. The molecule has 1 aromatic carbocycles. The summed E-state index contributed by atoms with van der Waals surface area (Å²) in [5, 5.41) is 0. The van der Waals surface area contributed by atoms with Crippen LogP contribution in [-0.2, 0) is 22.9 Å². The number of likely N-dealkylation sites (tertiary alicyclic amines) is 1. The van der Waals surface area contributed by atoms with E-state index in [2.05, 4.69) is 27.0 Å². The molecular formula is C29H38N8O3. The zero-order chi connectivity index (χ0) is 28.0. The molecule has 11 heteroatoms. The van der Waals surface area contributed by atoms with Gasteiger partial charge in [0.1, 0.15) is 17.2 Å². The van der Waals surface area contributed by atoms with Gasteiger partial charge >= 0.3 is 6.09 Å². The van der Waals surface area contributed by atoms with E-state index in [0.29, 0.717) is 32.3 Å². The van der Waals surface area contributed by atoms with Crippen LogP contribution < -0.4 is 4.90 Å². The van der Waals surface area contributed by atoms with E-state index in [1.165, 1.54) is 0 Å². The number of ether oxygens (including phenoxy) is 2. The molecule has 0 saturated carbocycles. The average molecular weight is 547 g/mol. The van der Waals surface area contributed by atoms with Crippen LogP contribution in [0.25, 0.3) is 28.1 Å². The molecule has 4 aromatic rings. The summed E-state index contributed by atoms with van der Waals surface area (Å²) in [5.74, 6) is 3.54. The molecule has 0 bridgehead atoms. The zero-order valence-electron chi connectivity index (χ0n) is 24.1. The number of rotatable bonds is 4. The van der Waals surface area contributed by atoms with Crippen molar-refractivity contribution < 1.29 is 14.3 Å². The molecule has 0 unspecified atom stereocenters. The van der Waals surface area contributed by atoms with Crippen LogP contribution in [0.5, 0.6) is 0 Å². The molecule has 2 fully saturated rings. The van der Waals surface area contributed by atoms with Crippen LogP contribution in [0, 0.1) is 0 Å². The van der Waals surface area contributed by atoms with Crippen LogP contribution in [0.4, 0.5) is 10.6 Å². The van der Waals surface area contributed by atoms with E-state index in [-0.39, 0.29) is 12.0 Å². The minimum Gasteiger partial charge on any atom is -0.444 e. The highest BCUT2D eigenvalue weighted by Gasteiger charge is 2.31. The van der Waals surface area contributed by atoms with Crippen molar-refractivity contribution in [2.75, 3.05) is 44.3 Å². The lowest BCUT2D eigenvalue weighted by Gasteiger charge is -2.33. The first kappa shape index (κ1) is 26.5. The van der Waals surface area contributed by atoms with E-state index in [1.54, 1.807) is 4.90 Å². The van der Waals surface area contributed by atoms with Crippen molar-refractivity contribution in [3.05, 3.63) is 35.9 Å². The number of carbonyl (C=O) groups excluding carboxylic acids is 1. The summed E-state index contributed by atoms with van der Waals surface area (Å²) in [6.45, 7) is 11.9. The number of piperidine rings is 1. The summed E-state index contributed by atoms with van der Waals surface area (Å²) < 4.78 is 15.4. The number of benzene rings is 1. The average Bonchev–Trinajstić information content (AvgIpc) is 3.50. The molecule has 2 aliphatic rings. The molecule has 3 aromatic heterocycles. The van der Waals surface area contributed by atoms with Gasteiger partial charge in [0.25, 0.3) is 0 Å². The maximum absolute atomic E-state index is 12.6. The maximum Gasteiger partial charge on any atom is 0.410 e. The molecule has 0 aliphatic carbocycles. The molecule has 2 saturated heterocycles. The van der Waals surface area contributed by atoms with E-state index in [9.17, 15) is 4.79 Å². The van der Waals surface area contributed by atoms with Gasteiger partial charge in [0.05, 0.1) is 24.2 Å². The summed E-state index contributed by atoms with van der Waals surface area (Å²) in [4.78, 5) is 36.9. The topological polar surface area (TPSA) is 103 Å². The van der Waals surface area contributed by atoms with Crippen molar-refractivity contribution in [1.29, 1.82) is 0 Å². The molecule has 0 radical (unpaired) electrons. The predicted molar refractivity (Wildman–Crippen MR) is 153 cm³/mol. The summed E-state index contributed by atoms with van der Waals surface area (Å²) in [5.41, 5.74) is 3.02. The molecule has 11 nitrogen and oxygen atoms in total. The summed E-state index contributed by atoms with van der Waals surface area (Å²) in [7, 11) is 2.04. The molecule has 0 spiro atoms. The number of hydrogen-bond acceptors (Lipinski definition) is 8. The maximum atomic E-state index is 12.6. The van der Waals surface area contributed by atoms with Crippen LogP contribution in [0.15, 0.2) is 24.3 Å². The lowest BCUT2D eigenvalue weighted by atomic mass is 9.96. The Morgan fingerprint density at radius 2 is 1.75 bits per heavy atom. The van der Waals surface area contributed by atoms with Crippen LogP contribution in [0.1, 0.15) is 58.1 Å². The van der Waals surface area contributed by atoms with E-state index in [0.717, 1.165) is 72.0 Å². The van der Waals surface area contributed by atoms with Gasteiger partial charge in [0, 0.05) is 45.6 Å². The third-order valence-corrected chi connectivity index (χ3v) is 7.69. The van der Waals surface area contributed by atoms with Crippen LogP contribution in [-0.4, -0.2) is 85.1 Å². The quantitative estimate of drug-likeness (QED) is 0.375. The molecule has 40 heavy (non-hydrogen) atoms. The van der Waals surface area contributed by atoms with Crippen molar-refractivity contribution in [2.24, 2.45) is 7.05 Å². The Kier molecular flexibility index (Phi) is 6.85. The van der Waals surface area contributed by atoms with Gasteiger partial charge in [0.2, 0.25) is 5.95 Å². The molecule has 1 amide bonds. The van der Waals surface area contributed by atoms with E-state index >= 15 is 0 Å². The molecular weight excluding hydrogens is 508 g/mol. The fourth-order valence-corrected chi connectivity index (χ4v) is 5.70. The van der Waals surface area contributed by atoms with Gasteiger partial charge in [0.15, 0.2) is 17.0 Å². The summed E-state index contributed by atoms with van der Waals surface area (Å²) >= 11 is 0. The number of amides is 1. The molecule has 6 rings (SSSR count). The van der Waals surface area contributed by atoms with Gasteiger partial charge in [-0.2, -0.15) is 9.97 Å². The van der Waals surface area contributed by atoms with Gasteiger partial charge in [-0.05, 0) is 45.7 Å². The number of anilines is 1. The lowest BCUT2D eigenvalue weighted by Crippen LogP contribution is -2.41. The highest BCUT2D eigenvalue weighted by atomic mass is 16.6. The van der Waals surface area contributed by atoms with Crippen LogP contribution in [0.3, 0.4) is 0 Å². The van der Waals surface area contributed by atoms with E-state index in [4.69, 9.17) is 29.4 Å². The third-order valence-electron chi connectivity index (χ3n) is 7.69. The fourth-order valence-electron chi connectivity index (χ4n) is 5.70. The number of aryl methyl sites for hydroxylation is 2. The van der Waals surface area contributed by atoms with E-state index < -0.39 is 5.60 Å². The van der Waals surface area contributed by atoms with Gasteiger partial charge in [-0.15, -0.1) is 0 Å². The Hall–Kier alpha value is -3.73. The SMILES string of the molecule is CCc1nc2ccccc2n1-c1nc(N2CCOCC2)c2nc(C3CCN(C(=O)OC(C)(C)C)CC3)n(C)c2n1. The first-order chi connectivity index (χ1) is 19.2. The summed E-state index contributed by atoms with van der Waals surface area (Å²) in [6.07, 6.45) is 2.14.